The summed E-state index contributed by atoms with van der Waals surface area (Å²) >= 11 is 1.41. The fourth-order valence-corrected chi connectivity index (χ4v) is 4.76. The molecule has 1 aromatic heterocycles. The Bertz CT molecular complexity index is 921. The number of aryl methyl sites for hydroxylation is 3. The van der Waals surface area contributed by atoms with E-state index in [0.717, 1.165) is 40.4 Å². The molecule has 0 saturated heterocycles. The van der Waals surface area contributed by atoms with E-state index < -0.39 is 11.3 Å². The van der Waals surface area contributed by atoms with Crippen molar-refractivity contribution < 1.29 is 9.90 Å². The fraction of sp³-hybridized carbons (Fsp3) is 0.316. The molecule has 7 heteroatoms. The zero-order valence-corrected chi connectivity index (χ0v) is 15.7. The fourth-order valence-electron chi connectivity index (χ4n) is 3.56. The van der Waals surface area contributed by atoms with E-state index in [2.05, 4.69) is 42.3 Å². The van der Waals surface area contributed by atoms with Crippen LogP contribution in [0.25, 0.3) is 5.70 Å². The lowest BCUT2D eigenvalue weighted by Gasteiger charge is -2.24. The lowest BCUT2D eigenvalue weighted by Crippen LogP contribution is -2.31. The van der Waals surface area contributed by atoms with Gasteiger partial charge in [-0.2, -0.15) is 0 Å². The molecule has 0 radical (unpaired) electrons. The van der Waals surface area contributed by atoms with E-state index in [9.17, 15) is 9.90 Å². The number of hydrogen-bond donors (Lipinski definition) is 2. The molecular weight excluding hydrogens is 348 g/mol. The third kappa shape index (κ3) is 2.92. The van der Waals surface area contributed by atoms with Crippen molar-refractivity contribution in [3.63, 3.8) is 0 Å². The van der Waals surface area contributed by atoms with Gasteiger partial charge in [-0.3, -0.25) is 0 Å². The highest BCUT2D eigenvalue weighted by Gasteiger charge is 2.38. The van der Waals surface area contributed by atoms with Gasteiger partial charge >= 0.3 is 5.97 Å². The van der Waals surface area contributed by atoms with Gasteiger partial charge in [-0.15, -0.1) is 0 Å². The van der Waals surface area contributed by atoms with Crippen LogP contribution in [0.5, 0.6) is 0 Å². The molecule has 4 rings (SSSR count). The molecule has 134 valence electrons. The number of carboxylic acid groups (broad SMARTS) is 1. The van der Waals surface area contributed by atoms with Crippen molar-refractivity contribution in [2.75, 3.05) is 12.4 Å². The van der Waals surface area contributed by atoms with Crippen LogP contribution < -0.4 is 5.32 Å². The number of nitrogens with one attached hydrogen (secondary N) is 1. The van der Waals surface area contributed by atoms with E-state index in [1.807, 2.05) is 18.1 Å². The summed E-state index contributed by atoms with van der Waals surface area (Å²) in [5.41, 5.74) is 6.12. The number of benzene rings is 1. The maximum atomic E-state index is 11.5. The Labute approximate surface area is 156 Å². The second-order valence-corrected chi connectivity index (χ2v) is 7.94. The van der Waals surface area contributed by atoms with Gasteiger partial charge in [0.15, 0.2) is 5.37 Å². The highest BCUT2D eigenvalue weighted by molar-refractivity contribution is 8.04. The molecule has 0 saturated carbocycles. The van der Waals surface area contributed by atoms with Crippen LogP contribution in [0.3, 0.4) is 0 Å². The van der Waals surface area contributed by atoms with Gasteiger partial charge in [0.05, 0.1) is 11.4 Å². The van der Waals surface area contributed by atoms with Gasteiger partial charge in [-0.25, -0.2) is 14.8 Å². The summed E-state index contributed by atoms with van der Waals surface area (Å²) in [4.78, 5) is 23.6. The Balaban J connectivity index is 1.69. The van der Waals surface area contributed by atoms with Crippen molar-refractivity contribution in [3.8, 4) is 0 Å². The molecule has 1 aromatic carbocycles. The van der Waals surface area contributed by atoms with Crippen molar-refractivity contribution in [3.05, 3.63) is 51.7 Å². The molecular formula is C19H20N4O2S. The Morgan fingerprint density at radius 2 is 2.00 bits per heavy atom. The van der Waals surface area contributed by atoms with Gasteiger partial charge in [0.25, 0.3) is 0 Å². The van der Waals surface area contributed by atoms with Crippen LogP contribution in [-0.2, 0) is 11.2 Å². The van der Waals surface area contributed by atoms with Crippen molar-refractivity contribution in [1.82, 2.24) is 14.9 Å². The molecule has 0 amide bonds. The third-order valence-corrected chi connectivity index (χ3v) is 6.04. The Morgan fingerprint density at radius 3 is 2.69 bits per heavy atom. The standard InChI is InChI=1S/C19H20N4O2S/c1-10-6-11(2)8-13(7-10)21-19-20-9-12-4-5-14-16(15(12)22-19)23(3)17(26-14)18(24)25/h6-9,17H,4-5H2,1-3H3,(H,24,25)(H,20,21,22). The van der Waals surface area contributed by atoms with Crippen molar-refractivity contribution in [2.24, 2.45) is 0 Å². The molecule has 2 aliphatic rings. The second kappa shape index (κ2) is 6.32. The Morgan fingerprint density at radius 1 is 1.27 bits per heavy atom. The normalized spacial score (nSPS) is 18.6. The SMILES string of the molecule is Cc1cc(C)cc(Nc2ncc3c(n2)C2=C(CC3)SC(C(=O)O)N2C)c1. The first kappa shape index (κ1) is 16.9. The van der Waals surface area contributed by atoms with Crippen LogP contribution in [-0.4, -0.2) is 38.4 Å². The molecule has 1 aliphatic heterocycles. The quantitative estimate of drug-likeness (QED) is 0.858. The number of allylic oxidation sites excluding steroid dienone is 1. The zero-order valence-electron chi connectivity index (χ0n) is 14.9. The summed E-state index contributed by atoms with van der Waals surface area (Å²) in [6.45, 7) is 4.11. The van der Waals surface area contributed by atoms with Crippen molar-refractivity contribution in [1.29, 1.82) is 0 Å². The van der Waals surface area contributed by atoms with Crippen LogP contribution in [0.4, 0.5) is 11.6 Å². The summed E-state index contributed by atoms with van der Waals surface area (Å²) in [5.74, 6) is -0.296. The minimum absolute atomic E-state index is 0.527. The molecule has 1 atom stereocenters. The van der Waals surface area contributed by atoms with Crippen LogP contribution in [0.1, 0.15) is 28.8 Å². The predicted octanol–water partition coefficient (Wildman–Crippen LogP) is 3.54. The van der Waals surface area contributed by atoms with Gasteiger partial charge in [0, 0.05) is 23.8 Å². The average molecular weight is 368 g/mol. The number of carboxylic acids is 1. The number of thioether (sulfide) groups is 1. The number of aromatic nitrogens is 2. The van der Waals surface area contributed by atoms with Gasteiger partial charge in [0.1, 0.15) is 0 Å². The molecule has 2 N–H and O–H groups in total. The maximum Gasteiger partial charge on any atom is 0.337 e. The van der Waals surface area contributed by atoms with E-state index in [0.29, 0.717) is 5.95 Å². The summed E-state index contributed by atoms with van der Waals surface area (Å²) in [6, 6.07) is 6.23. The molecule has 2 aromatic rings. The van der Waals surface area contributed by atoms with Crippen LogP contribution in [0.15, 0.2) is 29.3 Å². The summed E-state index contributed by atoms with van der Waals surface area (Å²) in [7, 11) is 1.82. The maximum absolute atomic E-state index is 11.5. The largest absolute Gasteiger partial charge is 0.479 e. The highest BCUT2D eigenvalue weighted by Crippen LogP contribution is 2.47. The number of carbonyl (C=O) groups is 1. The average Bonchev–Trinajstić information content (AvgIpc) is 2.91. The second-order valence-electron chi connectivity index (χ2n) is 6.76. The van der Waals surface area contributed by atoms with E-state index in [1.165, 1.54) is 22.9 Å². The highest BCUT2D eigenvalue weighted by atomic mass is 32.2. The smallest absolute Gasteiger partial charge is 0.337 e. The molecule has 26 heavy (non-hydrogen) atoms. The predicted molar refractivity (Wildman–Crippen MR) is 103 cm³/mol. The van der Waals surface area contributed by atoms with E-state index in [-0.39, 0.29) is 0 Å². The van der Waals surface area contributed by atoms with Crippen molar-refractivity contribution in [2.45, 2.75) is 32.1 Å². The number of rotatable bonds is 3. The summed E-state index contributed by atoms with van der Waals surface area (Å²) in [6.07, 6.45) is 3.53. The third-order valence-electron chi connectivity index (χ3n) is 4.62. The number of anilines is 2. The van der Waals surface area contributed by atoms with Gasteiger partial charge < -0.3 is 15.3 Å². The monoisotopic (exact) mass is 368 g/mol. The molecule has 0 fully saturated rings. The summed E-state index contributed by atoms with van der Waals surface area (Å²) < 4.78 is 0. The lowest BCUT2D eigenvalue weighted by atomic mass is 10.00. The number of likely N-dealkylation sites (N-methyl/N-ethyl adjacent to an activating group) is 1. The first-order valence-corrected chi connectivity index (χ1v) is 9.37. The topological polar surface area (TPSA) is 78.3 Å². The van der Waals surface area contributed by atoms with E-state index >= 15 is 0 Å². The van der Waals surface area contributed by atoms with Gasteiger partial charge in [-0.1, -0.05) is 17.8 Å². The van der Waals surface area contributed by atoms with Gasteiger partial charge in [0.2, 0.25) is 5.95 Å². The van der Waals surface area contributed by atoms with Gasteiger partial charge in [-0.05, 0) is 55.5 Å². The number of nitrogens with zero attached hydrogens (tertiary/aromatic N) is 3. The van der Waals surface area contributed by atoms with Crippen molar-refractivity contribution >= 4 is 35.1 Å². The van der Waals surface area contributed by atoms with Crippen LogP contribution in [0.2, 0.25) is 0 Å². The lowest BCUT2D eigenvalue weighted by molar-refractivity contribution is -0.138. The van der Waals surface area contributed by atoms with Crippen LogP contribution >= 0.6 is 11.8 Å². The van der Waals surface area contributed by atoms with E-state index in [1.54, 1.807) is 0 Å². The molecule has 0 bridgehead atoms. The van der Waals surface area contributed by atoms with Crippen LogP contribution in [0, 0.1) is 13.8 Å². The minimum atomic E-state index is -0.823. The number of hydrogen-bond acceptors (Lipinski definition) is 6. The number of fused-ring (bicyclic) bond motifs is 2. The summed E-state index contributed by atoms with van der Waals surface area (Å²) in [5, 5.41) is 12.1. The number of aliphatic carboxylic acids is 1. The zero-order chi connectivity index (χ0) is 18.4. The first-order valence-electron chi connectivity index (χ1n) is 8.49. The molecule has 2 heterocycles. The minimum Gasteiger partial charge on any atom is -0.479 e. The Hall–Kier alpha value is -2.54. The Kier molecular flexibility index (Phi) is 4.11. The molecule has 1 aliphatic carbocycles. The molecule has 6 nitrogen and oxygen atoms in total. The molecule has 1 unspecified atom stereocenters. The molecule has 0 spiro atoms. The first-order chi connectivity index (χ1) is 12.4. The van der Waals surface area contributed by atoms with E-state index in [4.69, 9.17) is 4.98 Å².